The first kappa shape index (κ1) is 19.7. The SMILES string of the molecule is COC1=C(F)CC(C)(c2noc(-c3cnn4c(C5CCNCC5)cc(=O)[nH]c34)n2)C=C1. The Bertz CT molecular complexity index is 1250. The van der Waals surface area contributed by atoms with Crippen molar-refractivity contribution in [1.29, 1.82) is 0 Å². The Labute approximate surface area is 177 Å². The topological polar surface area (TPSA) is 110 Å². The van der Waals surface area contributed by atoms with Gasteiger partial charge in [-0.25, -0.2) is 8.91 Å². The Morgan fingerprint density at radius 2 is 2.16 bits per heavy atom. The Hall–Kier alpha value is -3.27. The van der Waals surface area contributed by atoms with E-state index < -0.39 is 5.41 Å². The van der Waals surface area contributed by atoms with Crippen molar-refractivity contribution in [3.05, 3.63) is 57.9 Å². The molecular weight excluding hydrogens is 403 g/mol. The van der Waals surface area contributed by atoms with E-state index in [2.05, 4.69) is 25.5 Å². The van der Waals surface area contributed by atoms with Gasteiger partial charge >= 0.3 is 0 Å². The lowest BCUT2D eigenvalue weighted by Crippen LogP contribution is -2.28. The van der Waals surface area contributed by atoms with E-state index >= 15 is 0 Å². The predicted octanol–water partition coefficient (Wildman–Crippen LogP) is 2.58. The normalized spacial score (nSPS) is 22.4. The number of piperidine rings is 1. The van der Waals surface area contributed by atoms with Crippen LogP contribution in [0, 0.1) is 0 Å². The van der Waals surface area contributed by atoms with E-state index in [1.807, 2.05) is 6.92 Å². The fraction of sp³-hybridized carbons (Fsp3) is 0.429. The van der Waals surface area contributed by atoms with Crippen molar-refractivity contribution in [3.8, 4) is 11.5 Å². The fourth-order valence-electron chi connectivity index (χ4n) is 4.29. The van der Waals surface area contributed by atoms with Gasteiger partial charge in [-0.05, 0) is 38.9 Å². The van der Waals surface area contributed by atoms with Gasteiger partial charge in [0, 0.05) is 18.4 Å². The summed E-state index contributed by atoms with van der Waals surface area (Å²) in [4.78, 5) is 19.7. The standard InChI is InChI=1S/C21H23FN6O3/c1-21(6-3-16(30-2)14(22)10-21)20-26-19(31-27-20)13-11-24-28-15(9-17(29)25-18(13)28)12-4-7-23-8-5-12/h3,6,9,11-12,23H,4-5,7-8,10H2,1-2H3,(H,25,29). The van der Waals surface area contributed by atoms with Gasteiger partial charge in [0.05, 0.1) is 24.4 Å². The molecule has 2 N–H and O–H groups in total. The van der Waals surface area contributed by atoms with E-state index in [1.54, 1.807) is 28.9 Å². The zero-order valence-corrected chi connectivity index (χ0v) is 17.3. The highest BCUT2D eigenvalue weighted by molar-refractivity contribution is 5.71. The smallest absolute Gasteiger partial charge is 0.263 e. The van der Waals surface area contributed by atoms with Crippen LogP contribution in [0.4, 0.5) is 4.39 Å². The average molecular weight is 426 g/mol. The van der Waals surface area contributed by atoms with Crippen molar-refractivity contribution in [2.45, 2.75) is 37.5 Å². The number of fused-ring (bicyclic) bond motifs is 1. The van der Waals surface area contributed by atoms with Gasteiger partial charge in [0.15, 0.2) is 5.82 Å². The molecule has 1 atom stereocenters. The largest absolute Gasteiger partial charge is 0.494 e. The number of rotatable bonds is 4. The molecule has 5 rings (SSSR count). The molecule has 10 heteroatoms. The van der Waals surface area contributed by atoms with E-state index in [0.29, 0.717) is 17.0 Å². The van der Waals surface area contributed by atoms with Gasteiger partial charge in [-0.15, -0.1) is 0 Å². The van der Waals surface area contributed by atoms with E-state index in [0.717, 1.165) is 31.6 Å². The number of ether oxygens (including phenoxy) is 1. The molecule has 162 valence electrons. The maximum Gasteiger partial charge on any atom is 0.263 e. The number of hydrogen-bond acceptors (Lipinski definition) is 7. The molecule has 0 bridgehead atoms. The molecular formula is C21H23FN6O3. The summed E-state index contributed by atoms with van der Waals surface area (Å²) >= 11 is 0. The third-order valence-corrected chi connectivity index (χ3v) is 6.07. The lowest BCUT2D eigenvalue weighted by Gasteiger charge is -2.25. The number of allylic oxidation sites excluding steroid dienone is 3. The minimum atomic E-state index is -0.773. The first-order valence-corrected chi connectivity index (χ1v) is 10.3. The van der Waals surface area contributed by atoms with Gasteiger partial charge in [0.2, 0.25) is 0 Å². The number of methoxy groups -OCH3 is 1. The summed E-state index contributed by atoms with van der Waals surface area (Å²) in [6.45, 7) is 3.64. The van der Waals surface area contributed by atoms with Crippen molar-refractivity contribution in [1.82, 2.24) is 30.1 Å². The van der Waals surface area contributed by atoms with Gasteiger partial charge in [-0.1, -0.05) is 11.2 Å². The van der Waals surface area contributed by atoms with Crippen LogP contribution in [-0.4, -0.2) is 44.9 Å². The van der Waals surface area contributed by atoms with Gasteiger partial charge in [0.1, 0.15) is 22.8 Å². The molecule has 0 spiro atoms. The van der Waals surface area contributed by atoms with Crippen LogP contribution >= 0.6 is 0 Å². The van der Waals surface area contributed by atoms with E-state index in [1.165, 1.54) is 7.11 Å². The van der Waals surface area contributed by atoms with Crippen molar-refractivity contribution in [3.63, 3.8) is 0 Å². The summed E-state index contributed by atoms with van der Waals surface area (Å²) in [5, 5.41) is 11.9. The predicted molar refractivity (Wildman–Crippen MR) is 110 cm³/mol. The molecule has 0 radical (unpaired) electrons. The third-order valence-electron chi connectivity index (χ3n) is 6.07. The van der Waals surface area contributed by atoms with Gasteiger partial charge in [-0.2, -0.15) is 10.1 Å². The summed E-state index contributed by atoms with van der Waals surface area (Å²) in [7, 11) is 1.43. The van der Waals surface area contributed by atoms with Crippen LogP contribution in [0.2, 0.25) is 0 Å². The zero-order valence-electron chi connectivity index (χ0n) is 17.3. The van der Waals surface area contributed by atoms with Crippen LogP contribution in [0.3, 0.4) is 0 Å². The average Bonchev–Trinajstić information content (AvgIpc) is 3.41. The van der Waals surface area contributed by atoms with E-state index in [4.69, 9.17) is 9.26 Å². The molecule has 1 aliphatic heterocycles. The Morgan fingerprint density at radius 3 is 2.90 bits per heavy atom. The molecule has 1 saturated heterocycles. The van der Waals surface area contributed by atoms with Gasteiger partial charge < -0.3 is 19.6 Å². The molecule has 0 aromatic carbocycles. The Kier molecular flexibility index (Phi) is 4.73. The first-order chi connectivity index (χ1) is 15.0. The van der Waals surface area contributed by atoms with Crippen LogP contribution in [-0.2, 0) is 10.2 Å². The van der Waals surface area contributed by atoms with Crippen LogP contribution < -0.4 is 10.9 Å². The second-order valence-electron chi connectivity index (χ2n) is 8.23. The molecule has 9 nitrogen and oxygen atoms in total. The second-order valence-corrected chi connectivity index (χ2v) is 8.23. The third kappa shape index (κ3) is 3.36. The van der Waals surface area contributed by atoms with Crippen LogP contribution in [0.1, 0.15) is 43.6 Å². The molecule has 31 heavy (non-hydrogen) atoms. The number of nitrogens with zero attached hydrogens (tertiary/aromatic N) is 4. The van der Waals surface area contributed by atoms with Gasteiger partial charge in [-0.3, -0.25) is 4.79 Å². The van der Waals surface area contributed by atoms with E-state index in [9.17, 15) is 9.18 Å². The van der Waals surface area contributed by atoms with Crippen molar-refractivity contribution in [2.75, 3.05) is 20.2 Å². The molecule has 3 aromatic heterocycles. The monoisotopic (exact) mass is 426 g/mol. The molecule has 1 fully saturated rings. The minimum absolute atomic E-state index is 0.0666. The summed E-state index contributed by atoms with van der Waals surface area (Å²) in [6, 6.07) is 1.61. The molecule has 4 heterocycles. The minimum Gasteiger partial charge on any atom is -0.494 e. The van der Waals surface area contributed by atoms with Crippen molar-refractivity contribution >= 4 is 5.65 Å². The lowest BCUT2D eigenvalue weighted by atomic mass is 9.82. The molecule has 1 unspecified atom stereocenters. The highest BCUT2D eigenvalue weighted by Gasteiger charge is 2.35. The summed E-state index contributed by atoms with van der Waals surface area (Å²) in [5.41, 5.74) is 0.929. The number of nitrogens with one attached hydrogen (secondary N) is 2. The maximum atomic E-state index is 14.3. The number of aromatic amines is 1. The lowest BCUT2D eigenvalue weighted by molar-refractivity contribution is 0.275. The number of aromatic nitrogens is 5. The Morgan fingerprint density at radius 1 is 1.35 bits per heavy atom. The van der Waals surface area contributed by atoms with Crippen molar-refractivity contribution < 1.29 is 13.7 Å². The molecule has 2 aliphatic rings. The second kappa shape index (κ2) is 7.45. The first-order valence-electron chi connectivity index (χ1n) is 10.3. The highest BCUT2D eigenvalue weighted by Crippen LogP contribution is 2.37. The number of H-pyrrole nitrogens is 1. The quantitative estimate of drug-likeness (QED) is 0.660. The number of hydrogen-bond donors (Lipinski definition) is 2. The highest BCUT2D eigenvalue weighted by atomic mass is 19.1. The van der Waals surface area contributed by atoms with Crippen LogP contribution in [0.25, 0.3) is 17.1 Å². The van der Waals surface area contributed by atoms with E-state index in [-0.39, 0.29) is 35.4 Å². The van der Waals surface area contributed by atoms with Crippen LogP contribution in [0.5, 0.6) is 0 Å². The molecule has 0 saturated carbocycles. The molecule has 1 aliphatic carbocycles. The summed E-state index contributed by atoms with van der Waals surface area (Å²) in [5.74, 6) is 0.644. The van der Waals surface area contributed by atoms with Crippen LogP contribution in [0.15, 0.2) is 45.3 Å². The molecule has 3 aromatic rings. The van der Waals surface area contributed by atoms with Crippen molar-refractivity contribution in [2.24, 2.45) is 0 Å². The maximum absolute atomic E-state index is 14.3. The molecule has 0 amide bonds. The summed E-state index contributed by atoms with van der Waals surface area (Å²) in [6.07, 6.45) is 6.92. The van der Waals surface area contributed by atoms with Gasteiger partial charge in [0.25, 0.3) is 11.4 Å². The fourth-order valence-corrected chi connectivity index (χ4v) is 4.29. The summed E-state index contributed by atoms with van der Waals surface area (Å²) < 4.78 is 26.6. The Balaban J connectivity index is 1.52. The number of halogens is 1. The zero-order chi connectivity index (χ0) is 21.6.